The highest BCUT2D eigenvalue weighted by atomic mass is 79.9. The summed E-state index contributed by atoms with van der Waals surface area (Å²) in [5.41, 5.74) is 0.596. The number of nitrogens with zero attached hydrogens (tertiary/aromatic N) is 2. The van der Waals surface area contributed by atoms with Gasteiger partial charge in [0.25, 0.3) is 0 Å². The molecule has 1 aromatic heterocycles. The Bertz CT molecular complexity index is 522. The van der Waals surface area contributed by atoms with Crippen molar-refractivity contribution in [2.24, 2.45) is 7.05 Å². The number of carbonyl (C=O) groups excluding carboxylic acids is 1. The molecule has 82 valence electrons. The van der Waals surface area contributed by atoms with E-state index in [2.05, 4.69) is 21.0 Å². The van der Waals surface area contributed by atoms with Crippen LogP contribution in [0.25, 0.3) is 0 Å². The molecule has 0 saturated heterocycles. The van der Waals surface area contributed by atoms with Crippen LogP contribution in [0.1, 0.15) is 10.4 Å². The lowest BCUT2D eigenvalue weighted by molar-refractivity contribution is 0.112. The van der Waals surface area contributed by atoms with Gasteiger partial charge in [-0.05, 0) is 34.1 Å². The number of rotatable bonds is 3. The van der Waals surface area contributed by atoms with Crippen LogP contribution in [-0.2, 0) is 7.05 Å². The molecule has 1 heterocycles. The summed E-state index contributed by atoms with van der Waals surface area (Å²) in [7, 11) is 1.82. The van der Waals surface area contributed by atoms with Gasteiger partial charge in [0.15, 0.2) is 12.0 Å². The third-order valence-corrected chi connectivity index (χ3v) is 2.70. The summed E-state index contributed by atoms with van der Waals surface area (Å²) in [6, 6.07) is 5.18. The molecule has 0 unspecified atom stereocenters. The fourth-order valence-electron chi connectivity index (χ4n) is 1.25. The predicted octanol–water partition coefficient (Wildman–Crippen LogP) is 2.79. The zero-order chi connectivity index (χ0) is 11.5. The minimum atomic E-state index is 0.596. The molecule has 16 heavy (non-hydrogen) atoms. The molecule has 0 radical (unpaired) electrons. The molecule has 0 aliphatic heterocycles. The average Bonchev–Trinajstić information content (AvgIpc) is 2.64. The summed E-state index contributed by atoms with van der Waals surface area (Å²) in [6.07, 6.45) is 4.18. The van der Waals surface area contributed by atoms with Crippen molar-refractivity contribution in [3.8, 4) is 11.5 Å². The number of aromatic nitrogens is 2. The zero-order valence-electron chi connectivity index (χ0n) is 8.55. The van der Waals surface area contributed by atoms with Crippen molar-refractivity contribution >= 4 is 22.2 Å². The van der Waals surface area contributed by atoms with Crippen LogP contribution in [0.2, 0.25) is 0 Å². The third-order valence-electron chi connectivity index (χ3n) is 2.02. The molecule has 2 rings (SSSR count). The molecule has 4 nitrogen and oxygen atoms in total. The molecule has 0 fully saturated rings. The van der Waals surface area contributed by atoms with Crippen molar-refractivity contribution in [2.75, 3.05) is 0 Å². The number of halogens is 1. The van der Waals surface area contributed by atoms with Crippen molar-refractivity contribution in [3.63, 3.8) is 0 Å². The van der Waals surface area contributed by atoms with Crippen LogP contribution in [0.15, 0.2) is 35.1 Å². The summed E-state index contributed by atoms with van der Waals surface area (Å²) in [4.78, 5) is 10.6. The number of aryl methyl sites for hydroxylation is 1. The Balaban J connectivity index is 2.22. The quantitative estimate of drug-likeness (QED) is 0.812. The Labute approximate surface area is 101 Å². The van der Waals surface area contributed by atoms with E-state index in [1.807, 2.05) is 7.05 Å². The van der Waals surface area contributed by atoms with E-state index in [-0.39, 0.29) is 0 Å². The summed E-state index contributed by atoms with van der Waals surface area (Å²) in [5, 5.41) is 3.99. The van der Waals surface area contributed by atoms with Crippen LogP contribution < -0.4 is 4.74 Å². The summed E-state index contributed by atoms with van der Waals surface area (Å²) in [5.74, 6) is 1.32. The molecule has 0 N–H and O–H groups in total. The number of carbonyl (C=O) groups is 1. The SMILES string of the molecule is Cn1cc(Oc2ccc(C=O)c(Br)c2)cn1. The third kappa shape index (κ3) is 2.30. The highest BCUT2D eigenvalue weighted by Gasteiger charge is 2.03. The van der Waals surface area contributed by atoms with E-state index in [0.29, 0.717) is 21.5 Å². The summed E-state index contributed by atoms with van der Waals surface area (Å²) < 4.78 is 7.92. The van der Waals surface area contributed by atoms with Gasteiger partial charge in [-0.2, -0.15) is 5.10 Å². The van der Waals surface area contributed by atoms with Gasteiger partial charge in [0, 0.05) is 17.1 Å². The molecule has 2 aromatic rings. The van der Waals surface area contributed by atoms with Gasteiger partial charge in [-0.25, -0.2) is 0 Å². The molecule has 5 heteroatoms. The fourth-order valence-corrected chi connectivity index (χ4v) is 1.71. The number of ether oxygens (including phenoxy) is 1. The Morgan fingerprint density at radius 1 is 1.44 bits per heavy atom. The fraction of sp³-hybridized carbons (Fsp3) is 0.0909. The largest absolute Gasteiger partial charge is 0.454 e. The first-order valence-corrected chi connectivity index (χ1v) is 5.39. The van der Waals surface area contributed by atoms with Gasteiger partial charge in [0.2, 0.25) is 0 Å². The maximum atomic E-state index is 10.6. The van der Waals surface area contributed by atoms with Crippen LogP contribution in [0.3, 0.4) is 0 Å². The van der Waals surface area contributed by atoms with Crippen LogP contribution >= 0.6 is 15.9 Å². The van der Waals surface area contributed by atoms with E-state index in [1.165, 1.54) is 0 Å². The second kappa shape index (κ2) is 4.49. The van der Waals surface area contributed by atoms with Crippen molar-refractivity contribution in [2.45, 2.75) is 0 Å². The molecule has 0 bridgehead atoms. The molecule has 1 aromatic carbocycles. The minimum absolute atomic E-state index is 0.596. The zero-order valence-corrected chi connectivity index (χ0v) is 10.1. The minimum Gasteiger partial charge on any atom is -0.454 e. The number of benzene rings is 1. The van der Waals surface area contributed by atoms with Crippen molar-refractivity contribution in [1.82, 2.24) is 9.78 Å². The Morgan fingerprint density at radius 3 is 2.81 bits per heavy atom. The lowest BCUT2D eigenvalue weighted by Crippen LogP contribution is -1.86. The van der Waals surface area contributed by atoms with E-state index in [4.69, 9.17) is 4.74 Å². The van der Waals surface area contributed by atoms with Gasteiger partial charge in [0.05, 0.1) is 12.4 Å². The Kier molecular flexibility index (Phi) is 3.05. The first kappa shape index (κ1) is 10.9. The van der Waals surface area contributed by atoms with Gasteiger partial charge in [-0.15, -0.1) is 0 Å². The number of hydrogen-bond acceptors (Lipinski definition) is 3. The average molecular weight is 281 g/mol. The highest BCUT2D eigenvalue weighted by Crippen LogP contribution is 2.25. The van der Waals surface area contributed by atoms with Crippen LogP contribution in [-0.4, -0.2) is 16.1 Å². The predicted molar refractivity (Wildman–Crippen MR) is 62.8 cm³/mol. The first-order chi connectivity index (χ1) is 7.69. The van der Waals surface area contributed by atoms with Crippen LogP contribution in [0.5, 0.6) is 11.5 Å². The maximum absolute atomic E-state index is 10.6. The van der Waals surface area contributed by atoms with Crippen LogP contribution in [0, 0.1) is 0 Å². The second-order valence-corrected chi connectivity index (χ2v) is 4.11. The van der Waals surface area contributed by atoms with Gasteiger partial charge < -0.3 is 4.74 Å². The molecule has 0 amide bonds. The van der Waals surface area contributed by atoms with E-state index < -0.39 is 0 Å². The lowest BCUT2D eigenvalue weighted by atomic mass is 10.2. The van der Waals surface area contributed by atoms with E-state index in [0.717, 1.165) is 6.29 Å². The normalized spacial score (nSPS) is 10.1. The molecule has 0 atom stereocenters. The van der Waals surface area contributed by atoms with E-state index >= 15 is 0 Å². The van der Waals surface area contributed by atoms with Gasteiger partial charge in [-0.3, -0.25) is 9.48 Å². The number of aldehydes is 1. The molecule has 0 aliphatic rings. The first-order valence-electron chi connectivity index (χ1n) is 4.60. The van der Waals surface area contributed by atoms with E-state index in [9.17, 15) is 4.79 Å². The highest BCUT2D eigenvalue weighted by molar-refractivity contribution is 9.10. The summed E-state index contributed by atoms with van der Waals surface area (Å²) >= 11 is 3.29. The molecule has 0 spiro atoms. The molecular formula is C11H9BrN2O2. The Morgan fingerprint density at radius 2 is 2.25 bits per heavy atom. The maximum Gasteiger partial charge on any atom is 0.165 e. The van der Waals surface area contributed by atoms with Crippen molar-refractivity contribution in [1.29, 1.82) is 0 Å². The van der Waals surface area contributed by atoms with E-state index in [1.54, 1.807) is 35.3 Å². The standard InChI is InChI=1S/C11H9BrN2O2/c1-14-6-10(5-13-14)16-9-3-2-8(7-15)11(12)4-9/h2-7H,1H3. The van der Waals surface area contributed by atoms with Crippen molar-refractivity contribution < 1.29 is 9.53 Å². The molecule has 0 aliphatic carbocycles. The van der Waals surface area contributed by atoms with Crippen LogP contribution in [0.4, 0.5) is 0 Å². The van der Waals surface area contributed by atoms with Gasteiger partial charge >= 0.3 is 0 Å². The number of hydrogen-bond donors (Lipinski definition) is 0. The summed E-state index contributed by atoms with van der Waals surface area (Å²) in [6.45, 7) is 0. The Hall–Kier alpha value is -1.62. The monoisotopic (exact) mass is 280 g/mol. The second-order valence-electron chi connectivity index (χ2n) is 3.25. The molecular weight excluding hydrogens is 272 g/mol. The van der Waals surface area contributed by atoms with Crippen molar-refractivity contribution in [3.05, 3.63) is 40.6 Å². The van der Waals surface area contributed by atoms with Gasteiger partial charge in [0.1, 0.15) is 5.75 Å². The topological polar surface area (TPSA) is 44.1 Å². The lowest BCUT2D eigenvalue weighted by Gasteiger charge is -2.03. The van der Waals surface area contributed by atoms with Gasteiger partial charge in [-0.1, -0.05) is 0 Å². The smallest absolute Gasteiger partial charge is 0.165 e. The molecule has 0 saturated carbocycles.